The molecule has 0 aliphatic rings. The summed E-state index contributed by atoms with van der Waals surface area (Å²) in [5.41, 5.74) is 7.32. The van der Waals surface area contributed by atoms with Crippen molar-refractivity contribution in [3.05, 3.63) is 45.4 Å². The van der Waals surface area contributed by atoms with Crippen molar-refractivity contribution in [1.82, 2.24) is 9.97 Å². The predicted octanol–water partition coefficient (Wildman–Crippen LogP) is 4.34. The molecule has 0 unspecified atom stereocenters. The Bertz CT molecular complexity index is 595. The number of aryl methyl sites for hydroxylation is 5. The molecule has 3 heteroatoms. The molecule has 2 rings (SSSR count). The first-order valence-corrected chi connectivity index (χ1v) is 6.37. The smallest absolute Gasteiger partial charge is 0.155 e. The Labute approximate surface area is 113 Å². The van der Waals surface area contributed by atoms with Crippen molar-refractivity contribution in [2.24, 2.45) is 0 Å². The van der Waals surface area contributed by atoms with Crippen LogP contribution in [-0.2, 0) is 0 Å². The van der Waals surface area contributed by atoms with Crippen LogP contribution in [0, 0.1) is 34.6 Å². The Hall–Kier alpha value is -1.41. The molecule has 0 aliphatic carbocycles. The van der Waals surface area contributed by atoms with Crippen LogP contribution in [0.3, 0.4) is 0 Å². The van der Waals surface area contributed by atoms with Gasteiger partial charge in [0.2, 0.25) is 0 Å². The fraction of sp³-hybridized carbons (Fsp3) is 0.333. The highest BCUT2D eigenvalue weighted by Gasteiger charge is 2.14. The molecule has 1 aromatic carbocycles. The molecule has 0 amide bonds. The molecule has 1 heterocycles. The molecule has 18 heavy (non-hydrogen) atoms. The largest absolute Gasteiger partial charge is 0.248 e. The van der Waals surface area contributed by atoms with Crippen LogP contribution in [-0.4, -0.2) is 9.97 Å². The Kier molecular flexibility index (Phi) is 3.40. The van der Waals surface area contributed by atoms with Crippen LogP contribution in [0.15, 0.2) is 12.1 Å². The lowest BCUT2D eigenvalue weighted by molar-refractivity contribution is 1.05. The van der Waals surface area contributed by atoms with Gasteiger partial charge in [0, 0.05) is 5.56 Å². The standard InChI is InChI=1S/C15H17ClN2/c1-8-6-9(2)13(10(3)7-8)14-15(16)18-12(5)11(4)17-14/h6-7H,1-5H3. The van der Waals surface area contributed by atoms with Gasteiger partial charge in [-0.3, -0.25) is 0 Å². The number of hydrogen-bond donors (Lipinski definition) is 0. The number of halogens is 1. The van der Waals surface area contributed by atoms with Gasteiger partial charge in [0.15, 0.2) is 5.15 Å². The number of aromatic nitrogens is 2. The second-order valence-corrected chi connectivity index (χ2v) is 5.17. The van der Waals surface area contributed by atoms with Crippen molar-refractivity contribution >= 4 is 11.6 Å². The van der Waals surface area contributed by atoms with E-state index in [2.05, 4.69) is 42.9 Å². The van der Waals surface area contributed by atoms with Gasteiger partial charge in [0.1, 0.15) is 5.69 Å². The topological polar surface area (TPSA) is 25.8 Å². The number of nitrogens with zero attached hydrogens (tertiary/aromatic N) is 2. The second-order valence-electron chi connectivity index (χ2n) is 4.81. The van der Waals surface area contributed by atoms with E-state index in [1.165, 1.54) is 16.7 Å². The van der Waals surface area contributed by atoms with Gasteiger partial charge in [0.25, 0.3) is 0 Å². The van der Waals surface area contributed by atoms with E-state index in [9.17, 15) is 0 Å². The first-order chi connectivity index (χ1) is 8.40. The van der Waals surface area contributed by atoms with Crippen molar-refractivity contribution in [3.8, 4) is 11.3 Å². The number of rotatable bonds is 1. The Morgan fingerprint density at radius 1 is 0.833 bits per heavy atom. The Morgan fingerprint density at radius 3 is 1.89 bits per heavy atom. The lowest BCUT2D eigenvalue weighted by Crippen LogP contribution is -1.99. The lowest BCUT2D eigenvalue weighted by atomic mass is 9.97. The highest BCUT2D eigenvalue weighted by molar-refractivity contribution is 6.31. The molecule has 94 valence electrons. The molecule has 0 aliphatic heterocycles. The van der Waals surface area contributed by atoms with Crippen LogP contribution in [0.1, 0.15) is 28.1 Å². The minimum Gasteiger partial charge on any atom is -0.248 e. The molecule has 0 fully saturated rings. The first kappa shape index (κ1) is 13.0. The van der Waals surface area contributed by atoms with Gasteiger partial charge in [-0.15, -0.1) is 0 Å². The summed E-state index contributed by atoms with van der Waals surface area (Å²) in [5, 5.41) is 0.480. The average molecular weight is 261 g/mol. The van der Waals surface area contributed by atoms with Crippen LogP contribution < -0.4 is 0 Å². The van der Waals surface area contributed by atoms with Crippen LogP contribution in [0.4, 0.5) is 0 Å². The van der Waals surface area contributed by atoms with Crippen molar-refractivity contribution in [2.75, 3.05) is 0 Å². The highest BCUT2D eigenvalue weighted by atomic mass is 35.5. The first-order valence-electron chi connectivity index (χ1n) is 5.99. The van der Waals surface area contributed by atoms with Crippen LogP contribution in [0.2, 0.25) is 5.15 Å². The quantitative estimate of drug-likeness (QED) is 0.762. The van der Waals surface area contributed by atoms with Crippen LogP contribution in [0.5, 0.6) is 0 Å². The molecule has 0 saturated heterocycles. The lowest BCUT2D eigenvalue weighted by Gasteiger charge is -2.13. The summed E-state index contributed by atoms with van der Waals surface area (Å²) in [6, 6.07) is 4.30. The molecule has 0 radical (unpaired) electrons. The van der Waals surface area contributed by atoms with E-state index in [0.717, 1.165) is 22.6 Å². The van der Waals surface area contributed by atoms with E-state index in [4.69, 9.17) is 11.6 Å². The minimum atomic E-state index is 0.480. The fourth-order valence-corrected chi connectivity index (χ4v) is 2.55. The molecule has 0 saturated carbocycles. The fourth-order valence-electron chi connectivity index (χ4n) is 2.29. The predicted molar refractivity (Wildman–Crippen MR) is 76.2 cm³/mol. The molecule has 2 aromatic rings. The molecule has 0 N–H and O–H groups in total. The van der Waals surface area contributed by atoms with Crippen molar-refractivity contribution < 1.29 is 0 Å². The second kappa shape index (κ2) is 4.69. The SMILES string of the molecule is Cc1cc(C)c(-c2nc(C)c(C)nc2Cl)c(C)c1. The zero-order valence-corrected chi connectivity index (χ0v) is 12.2. The molecule has 2 nitrogen and oxygen atoms in total. The van der Waals surface area contributed by atoms with Gasteiger partial charge in [-0.1, -0.05) is 29.3 Å². The van der Waals surface area contributed by atoms with Crippen molar-refractivity contribution in [2.45, 2.75) is 34.6 Å². The monoisotopic (exact) mass is 260 g/mol. The normalized spacial score (nSPS) is 10.8. The summed E-state index contributed by atoms with van der Waals surface area (Å²) in [7, 11) is 0. The third-order valence-corrected chi connectivity index (χ3v) is 3.44. The Morgan fingerprint density at radius 2 is 1.33 bits per heavy atom. The molecule has 0 bridgehead atoms. The van der Waals surface area contributed by atoms with Crippen LogP contribution in [0.25, 0.3) is 11.3 Å². The highest BCUT2D eigenvalue weighted by Crippen LogP contribution is 2.31. The average Bonchev–Trinajstić information content (AvgIpc) is 2.24. The van der Waals surface area contributed by atoms with E-state index in [0.29, 0.717) is 5.15 Å². The van der Waals surface area contributed by atoms with Gasteiger partial charge in [-0.05, 0) is 45.7 Å². The number of hydrogen-bond acceptors (Lipinski definition) is 2. The van der Waals surface area contributed by atoms with Crippen molar-refractivity contribution in [1.29, 1.82) is 0 Å². The molecule has 0 spiro atoms. The van der Waals surface area contributed by atoms with Gasteiger partial charge in [-0.2, -0.15) is 0 Å². The van der Waals surface area contributed by atoms with Crippen LogP contribution >= 0.6 is 11.6 Å². The maximum atomic E-state index is 6.25. The maximum absolute atomic E-state index is 6.25. The zero-order chi connectivity index (χ0) is 13.4. The molecular weight excluding hydrogens is 244 g/mol. The summed E-state index contributed by atoms with van der Waals surface area (Å²) in [5.74, 6) is 0. The van der Waals surface area contributed by atoms with E-state index in [-0.39, 0.29) is 0 Å². The molecule has 0 atom stereocenters. The molecule has 1 aromatic heterocycles. The van der Waals surface area contributed by atoms with Gasteiger partial charge < -0.3 is 0 Å². The summed E-state index contributed by atoms with van der Waals surface area (Å²) >= 11 is 6.25. The maximum Gasteiger partial charge on any atom is 0.155 e. The van der Waals surface area contributed by atoms with Gasteiger partial charge in [0.05, 0.1) is 11.4 Å². The van der Waals surface area contributed by atoms with E-state index >= 15 is 0 Å². The summed E-state index contributed by atoms with van der Waals surface area (Å²) in [6.07, 6.45) is 0. The summed E-state index contributed by atoms with van der Waals surface area (Å²) < 4.78 is 0. The molecular formula is C15H17ClN2. The number of benzene rings is 1. The third-order valence-electron chi connectivity index (χ3n) is 3.18. The summed E-state index contributed by atoms with van der Waals surface area (Å²) in [4.78, 5) is 8.96. The van der Waals surface area contributed by atoms with E-state index in [1.54, 1.807) is 0 Å². The van der Waals surface area contributed by atoms with E-state index in [1.807, 2.05) is 13.8 Å². The third kappa shape index (κ3) is 2.25. The summed E-state index contributed by atoms with van der Waals surface area (Å²) in [6.45, 7) is 10.1. The van der Waals surface area contributed by atoms with E-state index < -0.39 is 0 Å². The zero-order valence-electron chi connectivity index (χ0n) is 11.4. The Balaban J connectivity index is 2.73. The minimum absolute atomic E-state index is 0.480. The van der Waals surface area contributed by atoms with Gasteiger partial charge in [-0.25, -0.2) is 9.97 Å². The van der Waals surface area contributed by atoms with Crippen molar-refractivity contribution in [3.63, 3.8) is 0 Å². The van der Waals surface area contributed by atoms with Gasteiger partial charge >= 0.3 is 0 Å².